The monoisotopic (exact) mass is 539 g/mol. The molecule has 1 atom stereocenters. The van der Waals surface area contributed by atoms with Gasteiger partial charge in [-0.15, -0.1) is 0 Å². The van der Waals surface area contributed by atoms with Crippen LogP contribution in [0, 0.1) is 5.82 Å². The Balaban J connectivity index is 2.23. The predicted molar refractivity (Wildman–Crippen MR) is 142 cm³/mol. The molecule has 0 aliphatic carbocycles. The van der Waals surface area contributed by atoms with Crippen LogP contribution in [-0.2, 0) is 26.2 Å². The van der Waals surface area contributed by atoms with Gasteiger partial charge in [-0.05, 0) is 69.5 Å². The molecule has 0 saturated carbocycles. The van der Waals surface area contributed by atoms with E-state index in [0.717, 1.165) is 6.26 Å². The normalized spacial score (nSPS) is 12.6. The van der Waals surface area contributed by atoms with Gasteiger partial charge in [0.05, 0.1) is 11.9 Å². The fourth-order valence-electron chi connectivity index (χ4n) is 3.79. The van der Waals surface area contributed by atoms with Gasteiger partial charge in [-0.1, -0.05) is 36.7 Å². The third-order valence-corrected chi connectivity index (χ3v) is 6.83. The highest BCUT2D eigenvalue weighted by atomic mass is 35.5. The molecule has 36 heavy (non-hydrogen) atoms. The van der Waals surface area contributed by atoms with Crippen LogP contribution in [-0.4, -0.2) is 49.5 Å². The van der Waals surface area contributed by atoms with Crippen LogP contribution in [0.3, 0.4) is 0 Å². The van der Waals surface area contributed by atoms with E-state index in [4.69, 9.17) is 11.6 Å². The number of rotatable bonds is 11. The second-order valence-electron chi connectivity index (χ2n) is 9.73. The van der Waals surface area contributed by atoms with Gasteiger partial charge in [0.1, 0.15) is 11.9 Å². The molecule has 10 heteroatoms. The van der Waals surface area contributed by atoms with Gasteiger partial charge in [0.25, 0.3) is 0 Å². The van der Waals surface area contributed by atoms with Crippen molar-refractivity contribution >= 4 is 39.1 Å². The molecule has 0 saturated heterocycles. The Bertz CT molecular complexity index is 1150. The van der Waals surface area contributed by atoms with Crippen molar-refractivity contribution in [2.24, 2.45) is 0 Å². The molecule has 2 rings (SSSR count). The SMILES string of the molecule is CC[C@@H](C(=O)NC(C)(C)C)N(Cc1ccc(F)cc1)C(=O)CCCN(c1cccc(Cl)c1)S(C)(=O)=O. The van der Waals surface area contributed by atoms with Gasteiger partial charge in [-0.3, -0.25) is 13.9 Å². The van der Waals surface area contributed by atoms with Crippen molar-refractivity contribution < 1.29 is 22.4 Å². The van der Waals surface area contributed by atoms with Gasteiger partial charge in [0.2, 0.25) is 21.8 Å². The van der Waals surface area contributed by atoms with Crippen molar-refractivity contribution in [2.45, 2.75) is 65.1 Å². The minimum absolute atomic E-state index is 0.0209. The van der Waals surface area contributed by atoms with Gasteiger partial charge < -0.3 is 10.2 Å². The molecule has 0 aromatic heterocycles. The van der Waals surface area contributed by atoms with Crippen LogP contribution < -0.4 is 9.62 Å². The lowest BCUT2D eigenvalue weighted by atomic mass is 10.0. The molecule has 1 N–H and O–H groups in total. The summed E-state index contributed by atoms with van der Waals surface area (Å²) in [5.41, 5.74) is 0.613. The first-order valence-electron chi connectivity index (χ1n) is 11.8. The molecule has 0 fully saturated rings. The number of hydrogen-bond donors (Lipinski definition) is 1. The summed E-state index contributed by atoms with van der Waals surface area (Å²) in [5, 5.41) is 3.33. The molecule has 0 heterocycles. The third kappa shape index (κ3) is 9.09. The maximum atomic E-state index is 13.4. The second kappa shape index (κ2) is 12.5. The number of hydrogen-bond acceptors (Lipinski definition) is 4. The number of carbonyl (C=O) groups is 2. The highest BCUT2D eigenvalue weighted by Crippen LogP contribution is 2.23. The number of amides is 2. The molecule has 0 bridgehead atoms. The number of nitrogens with one attached hydrogen (secondary N) is 1. The van der Waals surface area contributed by atoms with Gasteiger partial charge in [-0.25, -0.2) is 12.8 Å². The first kappa shape index (κ1) is 29.6. The van der Waals surface area contributed by atoms with Crippen LogP contribution in [0.4, 0.5) is 10.1 Å². The molecule has 0 aliphatic heterocycles. The summed E-state index contributed by atoms with van der Waals surface area (Å²) in [6.07, 6.45) is 1.73. The van der Waals surface area contributed by atoms with Crippen molar-refractivity contribution in [2.75, 3.05) is 17.1 Å². The van der Waals surface area contributed by atoms with E-state index in [1.54, 1.807) is 36.4 Å². The zero-order chi connectivity index (χ0) is 27.1. The van der Waals surface area contributed by atoms with Crippen molar-refractivity contribution in [3.63, 3.8) is 0 Å². The fraction of sp³-hybridized carbons (Fsp3) is 0.462. The van der Waals surface area contributed by atoms with E-state index in [-0.39, 0.29) is 37.7 Å². The van der Waals surface area contributed by atoms with Gasteiger partial charge >= 0.3 is 0 Å². The van der Waals surface area contributed by atoms with Crippen molar-refractivity contribution in [3.8, 4) is 0 Å². The Morgan fingerprint density at radius 2 is 1.75 bits per heavy atom. The molecule has 2 amide bonds. The van der Waals surface area contributed by atoms with Crippen LogP contribution in [0.25, 0.3) is 0 Å². The molecule has 0 radical (unpaired) electrons. The van der Waals surface area contributed by atoms with Crippen molar-refractivity contribution in [3.05, 3.63) is 64.9 Å². The van der Waals surface area contributed by atoms with Crippen LogP contribution in [0.1, 0.15) is 52.5 Å². The lowest BCUT2D eigenvalue weighted by Gasteiger charge is -2.33. The lowest BCUT2D eigenvalue weighted by molar-refractivity contribution is -0.142. The van der Waals surface area contributed by atoms with E-state index in [0.29, 0.717) is 22.7 Å². The first-order chi connectivity index (χ1) is 16.7. The van der Waals surface area contributed by atoms with Gasteiger partial charge in [0, 0.05) is 30.1 Å². The maximum Gasteiger partial charge on any atom is 0.243 e. The number of nitrogens with zero attached hydrogens (tertiary/aromatic N) is 2. The Kier molecular flexibility index (Phi) is 10.3. The summed E-state index contributed by atoms with van der Waals surface area (Å²) in [4.78, 5) is 27.9. The fourth-order valence-corrected chi connectivity index (χ4v) is 4.94. The van der Waals surface area contributed by atoms with E-state index in [1.165, 1.54) is 21.3 Å². The molecule has 2 aromatic rings. The molecule has 0 aliphatic rings. The molecule has 0 spiro atoms. The number of halogens is 2. The molecular weight excluding hydrogens is 505 g/mol. The van der Waals surface area contributed by atoms with Crippen molar-refractivity contribution in [1.82, 2.24) is 10.2 Å². The molecular formula is C26H35ClFN3O4S. The highest BCUT2D eigenvalue weighted by molar-refractivity contribution is 7.92. The smallest absolute Gasteiger partial charge is 0.243 e. The average molecular weight is 540 g/mol. The maximum absolute atomic E-state index is 13.4. The summed E-state index contributed by atoms with van der Waals surface area (Å²) in [6, 6.07) is 11.5. The summed E-state index contributed by atoms with van der Waals surface area (Å²) in [7, 11) is -3.61. The minimum Gasteiger partial charge on any atom is -0.350 e. The Hall–Kier alpha value is -2.65. The second-order valence-corrected chi connectivity index (χ2v) is 12.1. The van der Waals surface area contributed by atoms with E-state index in [9.17, 15) is 22.4 Å². The van der Waals surface area contributed by atoms with Crippen molar-refractivity contribution in [1.29, 1.82) is 0 Å². The largest absolute Gasteiger partial charge is 0.350 e. The quantitative estimate of drug-likeness (QED) is 0.446. The van der Waals surface area contributed by atoms with E-state index < -0.39 is 27.4 Å². The standard InChI is InChI=1S/C26H35ClFN3O4S/c1-6-23(25(33)29-26(2,3)4)30(18-19-12-14-21(28)15-13-19)24(32)11-8-16-31(36(5,34)35)22-10-7-9-20(27)17-22/h7,9-10,12-15,17,23H,6,8,11,16,18H2,1-5H3,(H,29,33)/t23-/m0/s1. The molecule has 7 nitrogen and oxygen atoms in total. The number of benzene rings is 2. The number of anilines is 1. The average Bonchev–Trinajstić information content (AvgIpc) is 2.75. The van der Waals surface area contributed by atoms with E-state index >= 15 is 0 Å². The molecule has 198 valence electrons. The number of carbonyl (C=O) groups excluding carboxylic acids is 2. The third-order valence-electron chi connectivity index (χ3n) is 5.40. The van der Waals surface area contributed by atoms with Crippen LogP contribution in [0.15, 0.2) is 48.5 Å². The van der Waals surface area contributed by atoms with Gasteiger partial charge in [0.15, 0.2) is 0 Å². The predicted octanol–water partition coefficient (Wildman–Crippen LogP) is 4.75. The van der Waals surface area contributed by atoms with Crippen LogP contribution in [0.2, 0.25) is 5.02 Å². The molecule has 2 aromatic carbocycles. The van der Waals surface area contributed by atoms with Gasteiger partial charge in [-0.2, -0.15) is 0 Å². The zero-order valence-corrected chi connectivity index (χ0v) is 23.0. The summed E-state index contributed by atoms with van der Waals surface area (Å²) < 4.78 is 39.4. The summed E-state index contributed by atoms with van der Waals surface area (Å²) in [5.74, 6) is -0.969. The van der Waals surface area contributed by atoms with E-state index in [1.807, 2.05) is 27.7 Å². The molecule has 0 unspecified atom stereocenters. The number of sulfonamides is 1. The topological polar surface area (TPSA) is 86.8 Å². The summed E-state index contributed by atoms with van der Waals surface area (Å²) in [6.45, 7) is 7.60. The van der Waals surface area contributed by atoms with E-state index in [2.05, 4.69) is 5.32 Å². The summed E-state index contributed by atoms with van der Waals surface area (Å²) >= 11 is 6.03. The van der Waals surface area contributed by atoms with Crippen LogP contribution >= 0.6 is 11.6 Å². The lowest BCUT2D eigenvalue weighted by Crippen LogP contribution is -2.53. The zero-order valence-electron chi connectivity index (χ0n) is 21.4. The Labute approximate surface area is 218 Å². The van der Waals surface area contributed by atoms with Crippen LogP contribution in [0.5, 0.6) is 0 Å². The minimum atomic E-state index is -3.61. The Morgan fingerprint density at radius 3 is 2.28 bits per heavy atom. The first-order valence-corrected chi connectivity index (χ1v) is 14.0. The highest BCUT2D eigenvalue weighted by Gasteiger charge is 2.30. The Morgan fingerprint density at radius 1 is 1.11 bits per heavy atom.